The third kappa shape index (κ3) is 2.78. The first kappa shape index (κ1) is 14.5. The van der Waals surface area contributed by atoms with Gasteiger partial charge in [-0.3, -0.25) is 9.59 Å². The molecule has 1 heterocycles. The minimum Gasteiger partial charge on any atom is -0.464 e. The van der Waals surface area contributed by atoms with E-state index >= 15 is 0 Å². The van der Waals surface area contributed by atoms with E-state index in [1.54, 1.807) is 6.26 Å². The van der Waals surface area contributed by atoms with E-state index in [1.165, 1.54) is 17.5 Å². The van der Waals surface area contributed by atoms with Crippen molar-refractivity contribution in [1.29, 1.82) is 0 Å². The zero-order valence-corrected chi connectivity index (χ0v) is 13.1. The van der Waals surface area contributed by atoms with Crippen LogP contribution in [0.15, 0.2) is 22.8 Å². The number of benzene rings is 1. The maximum Gasteiger partial charge on any atom is 0.311 e. The van der Waals surface area contributed by atoms with Gasteiger partial charge in [0.1, 0.15) is 5.58 Å². The summed E-state index contributed by atoms with van der Waals surface area (Å²) in [5.74, 6) is -0.284. The molecule has 23 heavy (non-hydrogen) atoms. The van der Waals surface area contributed by atoms with Crippen molar-refractivity contribution in [3.05, 3.63) is 35.1 Å². The molecular weight excluding hydrogens is 292 g/mol. The van der Waals surface area contributed by atoms with Crippen LogP contribution in [0.4, 0.5) is 0 Å². The van der Waals surface area contributed by atoms with Crippen LogP contribution in [0.25, 0.3) is 11.0 Å². The molecule has 1 aromatic heterocycles. The van der Waals surface area contributed by atoms with Crippen LogP contribution in [-0.4, -0.2) is 17.9 Å². The summed E-state index contributed by atoms with van der Waals surface area (Å²) in [6.07, 6.45) is 7.68. The number of hydrogen-bond acceptors (Lipinski definition) is 4. The summed E-state index contributed by atoms with van der Waals surface area (Å²) in [6, 6.07) is 4.24. The standard InChI is InChI=1S/C19H20O4/c20-16-6-1-2-7-17(16)23-19(21)10-14-11-22-18-9-13-5-3-4-12(13)8-15(14)18/h8-9,11,17H,1-7,10H2. The smallest absolute Gasteiger partial charge is 0.311 e. The SMILES string of the molecule is O=C(Cc1coc2cc3c(cc12)CCC3)OC1CCCCC1=O. The van der Waals surface area contributed by atoms with Crippen molar-refractivity contribution >= 4 is 22.7 Å². The Bertz CT molecular complexity index is 771. The number of fused-ring (bicyclic) bond motifs is 2. The molecule has 1 unspecified atom stereocenters. The molecule has 0 bridgehead atoms. The Morgan fingerprint density at radius 3 is 2.78 bits per heavy atom. The van der Waals surface area contributed by atoms with Gasteiger partial charge in [0.2, 0.25) is 0 Å². The highest BCUT2D eigenvalue weighted by atomic mass is 16.5. The molecule has 0 saturated heterocycles. The molecule has 1 saturated carbocycles. The molecule has 4 heteroatoms. The normalized spacial score (nSPS) is 20.7. The zero-order chi connectivity index (χ0) is 15.8. The van der Waals surface area contributed by atoms with Gasteiger partial charge in [-0.1, -0.05) is 0 Å². The highest BCUT2D eigenvalue weighted by Gasteiger charge is 2.26. The van der Waals surface area contributed by atoms with E-state index in [0.717, 1.165) is 42.2 Å². The third-order valence-corrected chi connectivity index (χ3v) is 4.98. The molecule has 0 radical (unpaired) electrons. The van der Waals surface area contributed by atoms with Crippen LogP contribution >= 0.6 is 0 Å². The van der Waals surface area contributed by atoms with Crippen molar-refractivity contribution in [2.45, 2.75) is 57.5 Å². The zero-order valence-electron chi connectivity index (χ0n) is 13.1. The van der Waals surface area contributed by atoms with Gasteiger partial charge in [-0.15, -0.1) is 0 Å². The quantitative estimate of drug-likeness (QED) is 0.814. The number of Topliss-reactive ketones (excluding diaryl/α,β-unsaturated/α-hetero) is 1. The Kier molecular flexibility index (Phi) is 3.68. The summed E-state index contributed by atoms with van der Waals surface area (Å²) >= 11 is 0. The van der Waals surface area contributed by atoms with E-state index in [4.69, 9.17) is 9.15 Å². The van der Waals surface area contributed by atoms with E-state index in [1.807, 2.05) is 0 Å². The molecule has 2 aromatic rings. The molecule has 1 fully saturated rings. The minimum absolute atomic E-state index is 0.0551. The van der Waals surface area contributed by atoms with Crippen LogP contribution in [0.2, 0.25) is 0 Å². The first-order chi connectivity index (χ1) is 11.2. The van der Waals surface area contributed by atoms with E-state index in [2.05, 4.69) is 12.1 Å². The van der Waals surface area contributed by atoms with Crippen LogP contribution in [0.1, 0.15) is 48.8 Å². The van der Waals surface area contributed by atoms with E-state index in [0.29, 0.717) is 12.8 Å². The van der Waals surface area contributed by atoms with Crippen LogP contribution in [0.5, 0.6) is 0 Å². The van der Waals surface area contributed by atoms with Crippen LogP contribution < -0.4 is 0 Å². The number of hydrogen-bond donors (Lipinski definition) is 0. The third-order valence-electron chi connectivity index (χ3n) is 4.98. The van der Waals surface area contributed by atoms with Crippen LogP contribution in [0.3, 0.4) is 0 Å². The molecule has 120 valence electrons. The van der Waals surface area contributed by atoms with E-state index in [9.17, 15) is 9.59 Å². The summed E-state index contributed by atoms with van der Waals surface area (Å²) in [6.45, 7) is 0. The Balaban J connectivity index is 1.51. The van der Waals surface area contributed by atoms with Gasteiger partial charge in [-0.25, -0.2) is 0 Å². The number of aryl methyl sites for hydroxylation is 2. The number of rotatable bonds is 3. The maximum atomic E-state index is 12.2. The van der Waals surface area contributed by atoms with Crippen molar-refractivity contribution in [2.24, 2.45) is 0 Å². The van der Waals surface area contributed by atoms with Crippen molar-refractivity contribution < 1.29 is 18.7 Å². The topological polar surface area (TPSA) is 56.5 Å². The monoisotopic (exact) mass is 312 g/mol. The molecule has 2 aliphatic rings. The Labute approximate surface area is 134 Å². The Morgan fingerprint density at radius 1 is 1.13 bits per heavy atom. The first-order valence-electron chi connectivity index (χ1n) is 8.45. The molecule has 0 amide bonds. The molecule has 2 aliphatic carbocycles. The maximum absolute atomic E-state index is 12.2. The molecule has 0 spiro atoms. The molecule has 1 aromatic carbocycles. The molecule has 1 atom stereocenters. The van der Waals surface area contributed by atoms with Gasteiger partial charge >= 0.3 is 5.97 Å². The fourth-order valence-electron chi connectivity index (χ4n) is 3.72. The summed E-state index contributed by atoms with van der Waals surface area (Å²) in [7, 11) is 0. The number of ether oxygens (including phenoxy) is 1. The Hall–Kier alpha value is -2.10. The van der Waals surface area contributed by atoms with E-state index in [-0.39, 0.29) is 18.2 Å². The molecular formula is C19H20O4. The summed E-state index contributed by atoms with van der Waals surface area (Å²) in [4.78, 5) is 24.0. The number of carbonyl (C=O) groups excluding carboxylic acids is 2. The number of esters is 1. The largest absolute Gasteiger partial charge is 0.464 e. The van der Waals surface area contributed by atoms with Gasteiger partial charge in [-0.2, -0.15) is 0 Å². The van der Waals surface area contributed by atoms with Crippen LogP contribution in [-0.2, 0) is 33.6 Å². The summed E-state index contributed by atoms with van der Waals surface area (Å²) in [5, 5.41) is 0.998. The molecule has 0 N–H and O–H groups in total. The lowest BCUT2D eigenvalue weighted by Crippen LogP contribution is -2.30. The highest BCUT2D eigenvalue weighted by Crippen LogP contribution is 2.30. The predicted octanol–water partition coefficient (Wildman–Crippen LogP) is 3.52. The van der Waals surface area contributed by atoms with Gasteiger partial charge in [0.25, 0.3) is 0 Å². The number of carbonyl (C=O) groups is 2. The number of ketones is 1. The summed E-state index contributed by atoms with van der Waals surface area (Å²) in [5.41, 5.74) is 4.40. The van der Waals surface area contributed by atoms with Crippen molar-refractivity contribution in [1.82, 2.24) is 0 Å². The fraction of sp³-hybridized carbons (Fsp3) is 0.474. The van der Waals surface area contributed by atoms with Crippen molar-refractivity contribution in [3.63, 3.8) is 0 Å². The number of furan rings is 1. The van der Waals surface area contributed by atoms with Gasteiger partial charge in [0.15, 0.2) is 11.9 Å². The average molecular weight is 312 g/mol. The average Bonchev–Trinajstić information content (AvgIpc) is 3.14. The first-order valence-corrected chi connectivity index (χ1v) is 8.45. The Morgan fingerprint density at radius 2 is 1.96 bits per heavy atom. The van der Waals surface area contributed by atoms with Crippen molar-refractivity contribution in [3.8, 4) is 0 Å². The van der Waals surface area contributed by atoms with E-state index < -0.39 is 6.10 Å². The van der Waals surface area contributed by atoms with Crippen LogP contribution in [0, 0.1) is 0 Å². The lowest BCUT2D eigenvalue weighted by atomic mass is 9.96. The highest BCUT2D eigenvalue weighted by molar-refractivity contribution is 5.89. The summed E-state index contributed by atoms with van der Waals surface area (Å²) < 4.78 is 11.0. The predicted molar refractivity (Wildman–Crippen MR) is 85.3 cm³/mol. The molecule has 4 nitrogen and oxygen atoms in total. The van der Waals surface area contributed by atoms with Crippen molar-refractivity contribution in [2.75, 3.05) is 0 Å². The van der Waals surface area contributed by atoms with Gasteiger partial charge in [0, 0.05) is 17.4 Å². The second-order valence-corrected chi connectivity index (χ2v) is 6.60. The fourth-order valence-corrected chi connectivity index (χ4v) is 3.72. The van der Waals surface area contributed by atoms with Gasteiger partial charge < -0.3 is 9.15 Å². The lowest BCUT2D eigenvalue weighted by Gasteiger charge is -2.20. The second kappa shape index (κ2) is 5.84. The lowest BCUT2D eigenvalue weighted by molar-refractivity contribution is -0.156. The molecule has 0 aliphatic heterocycles. The minimum atomic E-state index is -0.543. The second-order valence-electron chi connectivity index (χ2n) is 6.60. The van der Waals surface area contributed by atoms with Gasteiger partial charge in [-0.05, 0) is 61.8 Å². The molecule has 4 rings (SSSR count). The van der Waals surface area contributed by atoms with Gasteiger partial charge in [0.05, 0.1) is 12.7 Å².